The van der Waals surface area contributed by atoms with Crippen LogP contribution >= 0.6 is 0 Å². The van der Waals surface area contributed by atoms with Crippen LogP contribution in [-0.2, 0) is 50.6 Å². The van der Waals surface area contributed by atoms with Crippen molar-refractivity contribution >= 4 is 140 Å². The second-order valence-electron chi connectivity index (χ2n) is 17.3. The topological polar surface area (TPSA) is 404 Å². The lowest BCUT2D eigenvalue weighted by molar-refractivity contribution is 0.471. The Morgan fingerprint density at radius 3 is 1.73 bits per heavy atom. The molecule has 0 atom stereocenters. The van der Waals surface area contributed by atoms with Crippen LogP contribution in [0.4, 0.5) is 34.1 Å². The predicted molar refractivity (Wildman–Crippen MR) is 290 cm³/mol. The molecule has 0 aliphatic rings. The third-order valence-electron chi connectivity index (χ3n) is 12.1. The first-order chi connectivity index (χ1) is 37.6. The second-order valence-corrected chi connectivity index (χ2v) is 24.3. The molecule has 0 saturated carbocycles. The molecule has 0 saturated heterocycles. The van der Waals surface area contributed by atoms with E-state index in [0.717, 1.165) is 71.5 Å². The number of fused-ring (bicyclic) bond motifs is 5. The molecule has 0 bridgehead atoms. The lowest BCUT2D eigenvalue weighted by atomic mass is 10.1. The number of para-hydroxylation sites is 1. The van der Waals surface area contributed by atoms with Crippen LogP contribution in [0.15, 0.2) is 191 Å². The van der Waals surface area contributed by atoms with Crippen LogP contribution in [-0.4, -0.2) is 90.1 Å². The molecular weight excluding hydrogens is 1140 g/mol. The van der Waals surface area contributed by atoms with Crippen molar-refractivity contribution in [2.45, 2.75) is 24.5 Å². The summed E-state index contributed by atoms with van der Waals surface area (Å²) in [7, 11) is -25.0. The minimum Gasteiger partial charge on any atom is -0.506 e. The smallest absolute Gasteiger partial charge is 0.296 e. The quantitative estimate of drug-likeness (QED) is 0.0285. The number of benzene rings is 9. The maximum absolute atomic E-state index is 12.8. The monoisotopic (exact) mass is 1180 g/mol. The Labute approximate surface area is 451 Å². The first kappa shape index (κ1) is 54.4. The van der Waals surface area contributed by atoms with Gasteiger partial charge >= 0.3 is 0 Å². The Balaban J connectivity index is 0.991. The highest BCUT2D eigenvalue weighted by Gasteiger charge is 2.25. The van der Waals surface area contributed by atoms with E-state index in [2.05, 4.69) is 36.0 Å². The molecule has 0 fully saturated rings. The molecule has 10 aromatic rings. The van der Waals surface area contributed by atoms with Crippen molar-refractivity contribution in [3.8, 4) is 17.2 Å². The van der Waals surface area contributed by atoms with Crippen molar-refractivity contribution in [2.75, 3.05) is 5.32 Å². The average Bonchev–Trinajstić information content (AvgIpc) is 3.83. The molecule has 80 heavy (non-hydrogen) atoms. The standard InChI is InChI=1S/C50H34N8O17S5/c59-42-25-40(39-24-34(76(61,62)63)17-19-38(39)48(42)54-55-49-46(80(73,74)75)21-29-20-31(15-18-35(29)50(49)60)51-30-6-2-1-3-7-30)53-52-32-14-12-27(43(22-32)77(64,65)66)10-11-28-13-16-33(23-44(28)78(67,68)69)58-56-41-26-45(79(70,71)72)36-8-4-5-9-37(36)47(41)57-58/h1-26,51,59-60H,(H,61,62,63)(H,64,65,66)(H,67,68,69)(H,70,71,72)(H,73,74,75). The zero-order valence-corrected chi connectivity index (χ0v) is 44.0. The van der Waals surface area contributed by atoms with Gasteiger partial charge in [-0.1, -0.05) is 72.8 Å². The molecule has 1 heterocycles. The van der Waals surface area contributed by atoms with Gasteiger partial charge in [0, 0.05) is 44.4 Å². The highest BCUT2D eigenvalue weighted by molar-refractivity contribution is 7.87. The van der Waals surface area contributed by atoms with Gasteiger partial charge in [-0.3, -0.25) is 22.8 Å². The van der Waals surface area contributed by atoms with Crippen molar-refractivity contribution in [1.29, 1.82) is 0 Å². The maximum Gasteiger partial charge on any atom is 0.296 e. The SMILES string of the molecule is O=S(=O)(O)c1ccc2c(N=Nc3c(S(=O)(=O)O)cc4cc(Nc5ccccc5)ccc4c3O)c(O)cc(N=Nc3ccc(C=Cc4ccc(-n5nc6cc(S(=O)(=O)O)c7ccccc7c6n5)cc4S(=O)(=O)O)c(S(=O)(=O)O)c3)c2c1. The normalized spacial score (nSPS) is 13.0. The molecule has 25 nitrogen and oxygen atoms in total. The lowest BCUT2D eigenvalue weighted by Crippen LogP contribution is -2.05. The van der Waals surface area contributed by atoms with E-state index in [1.54, 1.807) is 42.5 Å². The number of hydrogen-bond acceptors (Lipinski definition) is 19. The molecule has 0 unspecified atom stereocenters. The summed E-state index contributed by atoms with van der Waals surface area (Å²) < 4.78 is 176. The number of aromatic nitrogens is 3. The Hall–Kier alpha value is -8.95. The van der Waals surface area contributed by atoms with Crippen LogP contribution in [0.3, 0.4) is 0 Å². The van der Waals surface area contributed by atoms with Crippen molar-refractivity contribution < 1.29 is 75.1 Å². The molecule has 0 aliphatic heterocycles. The van der Waals surface area contributed by atoms with E-state index in [1.165, 1.54) is 48.5 Å². The first-order valence-corrected chi connectivity index (χ1v) is 29.7. The van der Waals surface area contributed by atoms with Crippen molar-refractivity contribution in [1.82, 2.24) is 15.0 Å². The van der Waals surface area contributed by atoms with E-state index in [9.17, 15) is 75.1 Å². The molecule has 406 valence electrons. The van der Waals surface area contributed by atoms with Crippen molar-refractivity contribution in [3.05, 3.63) is 157 Å². The summed E-state index contributed by atoms with van der Waals surface area (Å²) in [6.45, 7) is 0. The Bertz CT molecular complexity index is 4980. The molecule has 9 aromatic carbocycles. The van der Waals surface area contributed by atoms with Gasteiger partial charge in [0.15, 0.2) is 5.75 Å². The Morgan fingerprint density at radius 2 is 1.06 bits per heavy atom. The Morgan fingerprint density at radius 1 is 0.450 bits per heavy atom. The van der Waals surface area contributed by atoms with Gasteiger partial charge in [0.1, 0.15) is 47.7 Å². The van der Waals surface area contributed by atoms with Gasteiger partial charge in [-0.05, 0) is 95.4 Å². The van der Waals surface area contributed by atoms with Gasteiger partial charge < -0.3 is 15.5 Å². The van der Waals surface area contributed by atoms with E-state index in [0.29, 0.717) is 11.4 Å². The van der Waals surface area contributed by atoms with Gasteiger partial charge in [-0.2, -0.15) is 52.0 Å². The summed E-state index contributed by atoms with van der Waals surface area (Å²) in [6.07, 6.45) is 2.16. The summed E-state index contributed by atoms with van der Waals surface area (Å²) in [4.78, 5) is -2.60. The van der Waals surface area contributed by atoms with E-state index in [1.807, 2.05) is 0 Å². The maximum atomic E-state index is 12.8. The number of rotatable bonds is 14. The fourth-order valence-corrected chi connectivity index (χ4v) is 11.8. The number of phenols is 2. The van der Waals surface area contributed by atoms with Crippen molar-refractivity contribution in [2.24, 2.45) is 20.5 Å². The molecule has 10 rings (SSSR count). The number of hydrogen-bond donors (Lipinski definition) is 8. The summed E-state index contributed by atoms with van der Waals surface area (Å²) in [5, 5.41) is 50.7. The van der Waals surface area contributed by atoms with Gasteiger partial charge in [0.25, 0.3) is 50.6 Å². The molecule has 8 N–H and O–H groups in total. The fourth-order valence-electron chi connectivity index (χ4n) is 8.50. The molecular formula is C50H34N8O17S5. The minimum atomic E-state index is -5.13. The van der Waals surface area contributed by atoms with Crippen molar-refractivity contribution in [3.63, 3.8) is 0 Å². The number of anilines is 2. The van der Waals surface area contributed by atoms with Crippen LogP contribution in [0, 0.1) is 0 Å². The summed E-state index contributed by atoms with van der Waals surface area (Å²) in [5.74, 6) is -1.50. The van der Waals surface area contributed by atoms with Gasteiger partial charge in [0.2, 0.25) is 0 Å². The van der Waals surface area contributed by atoms with E-state index in [-0.39, 0.29) is 71.5 Å². The van der Waals surface area contributed by atoms with Gasteiger partial charge in [-0.25, -0.2) is 0 Å². The zero-order valence-electron chi connectivity index (χ0n) is 39.9. The molecule has 0 spiro atoms. The van der Waals surface area contributed by atoms with Crippen LogP contribution in [0.5, 0.6) is 11.5 Å². The van der Waals surface area contributed by atoms with E-state index >= 15 is 0 Å². The largest absolute Gasteiger partial charge is 0.506 e. The van der Waals surface area contributed by atoms with Crippen LogP contribution < -0.4 is 5.32 Å². The van der Waals surface area contributed by atoms with Crippen LogP contribution in [0.25, 0.3) is 61.2 Å². The van der Waals surface area contributed by atoms with Gasteiger partial charge in [0.05, 0.1) is 22.0 Å². The second kappa shape index (κ2) is 20.1. The highest BCUT2D eigenvalue weighted by Crippen LogP contribution is 2.46. The van der Waals surface area contributed by atoms with Gasteiger partial charge in [-0.15, -0.1) is 25.5 Å². The third kappa shape index (κ3) is 10.9. The van der Waals surface area contributed by atoms with E-state index < -0.39 is 97.9 Å². The number of nitrogens with zero attached hydrogens (tertiary/aromatic N) is 7. The zero-order chi connectivity index (χ0) is 57.3. The molecule has 0 amide bonds. The predicted octanol–water partition coefficient (Wildman–Crippen LogP) is 10.3. The highest BCUT2D eigenvalue weighted by atomic mass is 32.2. The lowest BCUT2D eigenvalue weighted by Gasteiger charge is -2.12. The molecule has 0 aliphatic carbocycles. The number of azo groups is 2. The van der Waals surface area contributed by atoms with Crippen LogP contribution in [0.1, 0.15) is 11.1 Å². The fraction of sp³-hybridized carbons (Fsp3) is 0. The molecule has 0 radical (unpaired) electrons. The number of aromatic hydroxyl groups is 2. The summed E-state index contributed by atoms with van der Waals surface area (Å²) in [5.41, 5.74) is -1.03. The average molecular weight is 1180 g/mol. The summed E-state index contributed by atoms with van der Waals surface area (Å²) in [6, 6.07) is 32.1. The molecule has 1 aromatic heterocycles. The summed E-state index contributed by atoms with van der Waals surface area (Å²) >= 11 is 0. The van der Waals surface area contributed by atoms with Crippen LogP contribution in [0.2, 0.25) is 0 Å². The van der Waals surface area contributed by atoms with E-state index in [4.69, 9.17) is 0 Å². The first-order valence-electron chi connectivity index (χ1n) is 22.5. The minimum absolute atomic E-state index is 0.00263. The molecule has 30 heteroatoms. The Kier molecular flexibility index (Phi) is 13.6. The number of phenolic OH excluding ortho intramolecular Hbond substituents is 2. The number of nitrogens with one attached hydrogen (secondary N) is 1. The third-order valence-corrected chi connectivity index (χ3v) is 16.5.